The average molecular weight is 306 g/mol. The van der Waals surface area contributed by atoms with Gasteiger partial charge in [0.15, 0.2) is 5.78 Å². The summed E-state index contributed by atoms with van der Waals surface area (Å²) in [5, 5.41) is 0. The van der Waals surface area contributed by atoms with E-state index in [9.17, 15) is 9.59 Å². The van der Waals surface area contributed by atoms with Crippen molar-refractivity contribution in [1.29, 1.82) is 0 Å². The Morgan fingerprint density at radius 3 is 2.45 bits per heavy atom. The van der Waals surface area contributed by atoms with E-state index in [1.807, 2.05) is 13.8 Å². The molecule has 0 N–H and O–H groups in total. The Morgan fingerprint density at radius 2 is 1.82 bits per heavy atom. The van der Waals surface area contributed by atoms with Gasteiger partial charge in [0.2, 0.25) is 0 Å². The van der Waals surface area contributed by atoms with E-state index in [1.54, 1.807) is 0 Å². The Kier molecular flexibility index (Phi) is 8.79. The molecule has 0 amide bonds. The summed E-state index contributed by atoms with van der Waals surface area (Å²) in [6.45, 7) is 5.78. The van der Waals surface area contributed by atoms with Crippen LogP contribution in [0, 0.1) is 0 Å². The van der Waals surface area contributed by atoms with Gasteiger partial charge in [-0.05, 0) is 40.0 Å². The molecule has 1 rings (SSSR count). The van der Waals surface area contributed by atoms with Gasteiger partial charge in [-0.25, -0.2) is 4.79 Å². The quantitative estimate of drug-likeness (QED) is 0.249. The Morgan fingerprint density at radius 1 is 1.18 bits per heavy atom. The first-order chi connectivity index (χ1) is 10.6. The van der Waals surface area contributed by atoms with E-state index in [1.165, 1.54) is 32.1 Å². The van der Waals surface area contributed by atoms with Gasteiger partial charge in [-0.1, -0.05) is 43.4 Å². The molecule has 0 saturated carbocycles. The van der Waals surface area contributed by atoms with Gasteiger partial charge in [-0.15, -0.1) is 0 Å². The van der Waals surface area contributed by atoms with Crippen molar-refractivity contribution >= 4 is 11.8 Å². The molecule has 0 saturated heterocycles. The molecule has 1 heterocycles. The van der Waals surface area contributed by atoms with Gasteiger partial charge in [0, 0.05) is 12.8 Å². The first-order valence-corrected chi connectivity index (χ1v) is 8.61. The number of carbonyl (C=O) groups excluding carboxylic acids is 2. The minimum atomic E-state index is -0.426. The lowest BCUT2D eigenvalue weighted by molar-refractivity contribution is -0.146. The van der Waals surface area contributed by atoms with Crippen LogP contribution in [0.15, 0.2) is 23.3 Å². The third-order valence-electron chi connectivity index (χ3n) is 4.07. The molecule has 124 valence electrons. The van der Waals surface area contributed by atoms with E-state index >= 15 is 0 Å². The number of ether oxygens (including phenoxy) is 1. The first kappa shape index (κ1) is 18.7. The summed E-state index contributed by atoms with van der Waals surface area (Å²) in [6.07, 6.45) is 13.4. The van der Waals surface area contributed by atoms with Crippen molar-refractivity contribution < 1.29 is 14.3 Å². The third kappa shape index (κ3) is 6.59. The van der Waals surface area contributed by atoms with Crippen LogP contribution in [0.1, 0.15) is 78.6 Å². The number of allylic oxidation sites excluding steroid dienone is 2. The molecule has 0 fully saturated rings. The highest BCUT2D eigenvalue weighted by Crippen LogP contribution is 2.23. The lowest BCUT2D eigenvalue weighted by Gasteiger charge is -2.22. The van der Waals surface area contributed by atoms with Gasteiger partial charge in [-0.2, -0.15) is 0 Å². The van der Waals surface area contributed by atoms with E-state index in [2.05, 4.69) is 19.1 Å². The van der Waals surface area contributed by atoms with Crippen molar-refractivity contribution in [2.45, 2.75) is 84.7 Å². The number of ketones is 1. The van der Waals surface area contributed by atoms with Crippen molar-refractivity contribution in [2.75, 3.05) is 0 Å². The Labute approximate surface area is 134 Å². The summed E-state index contributed by atoms with van der Waals surface area (Å²) in [5.41, 5.74) is 1.20. The van der Waals surface area contributed by atoms with Crippen LogP contribution in [-0.4, -0.2) is 17.9 Å². The van der Waals surface area contributed by atoms with Crippen LogP contribution in [0.4, 0.5) is 0 Å². The SMILES string of the molecule is C/C=C\CCCCCCCCC(=O)C1=C(C)C[C@H](C)OC1=O. The number of carbonyl (C=O) groups is 2. The molecule has 3 heteroatoms. The van der Waals surface area contributed by atoms with E-state index in [0.717, 1.165) is 18.4 Å². The molecule has 0 aromatic carbocycles. The summed E-state index contributed by atoms with van der Waals surface area (Å²) in [5.74, 6) is -0.465. The van der Waals surface area contributed by atoms with Crippen LogP contribution in [0.5, 0.6) is 0 Å². The number of cyclic esters (lactones) is 1. The predicted molar refractivity (Wildman–Crippen MR) is 89.6 cm³/mol. The second kappa shape index (κ2) is 10.4. The number of unbranched alkanes of at least 4 members (excludes halogenated alkanes) is 6. The second-order valence-electron chi connectivity index (χ2n) is 6.23. The highest BCUT2D eigenvalue weighted by Gasteiger charge is 2.28. The van der Waals surface area contributed by atoms with E-state index in [-0.39, 0.29) is 11.9 Å². The van der Waals surface area contributed by atoms with Gasteiger partial charge in [0.25, 0.3) is 0 Å². The summed E-state index contributed by atoms with van der Waals surface area (Å²) in [7, 11) is 0. The molecule has 0 aromatic heterocycles. The van der Waals surface area contributed by atoms with Crippen LogP contribution in [0.25, 0.3) is 0 Å². The lowest BCUT2D eigenvalue weighted by atomic mass is 9.95. The fourth-order valence-electron chi connectivity index (χ4n) is 2.89. The first-order valence-electron chi connectivity index (χ1n) is 8.61. The Hall–Kier alpha value is -1.38. The molecule has 0 aromatic rings. The fraction of sp³-hybridized carbons (Fsp3) is 0.684. The zero-order valence-corrected chi connectivity index (χ0v) is 14.3. The summed E-state index contributed by atoms with van der Waals surface area (Å²) >= 11 is 0. The fourth-order valence-corrected chi connectivity index (χ4v) is 2.89. The van der Waals surface area contributed by atoms with Crippen LogP contribution in [0.3, 0.4) is 0 Å². The molecular formula is C19H30O3. The van der Waals surface area contributed by atoms with E-state index in [0.29, 0.717) is 18.4 Å². The highest BCUT2D eigenvalue weighted by molar-refractivity contribution is 6.18. The molecule has 0 aliphatic carbocycles. The molecule has 1 aliphatic rings. The van der Waals surface area contributed by atoms with Crippen LogP contribution in [0.2, 0.25) is 0 Å². The molecule has 3 nitrogen and oxygen atoms in total. The van der Waals surface area contributed by atoms with Gasteiger partial charge >= 0.3 is 5.97 Å². The number of Topliss-reactive ketones (excluding diaryl/α,β-unsaturated/α-hetero) is 1. The summed E-state index contributed by atoms with van der Waals surface area (Å²) in [6, 6.07) is 0. The molecule has 0 bridgehead atoms. The van der Waals surface area contributed by atoms with Gasteiger partial charge in [0.1, 0.15) is 11.7 Å². The topological polar surface area (TPSA) is 43.4 Å². The normalized spacial score (nSPS) is 18.9. The summed E-state index contributed by atoms with van der Waals surface area (Å²) in [4.78, 5) is 24.0. The number of hydrogen-bond acceptors (Lipinski definition) is 3. The van der Waals surface area contributed by atoms with Crippen molar-refractivity contribution in [2.24, 2.45) is 0 Å². The van der Waals surface area contributed by atoms with Crippen molar-refractivity contribution in [3.8, 4) is 0 Å². The maximum Gasteiger partial charge on any atom is 0.341 e. The molecule has 1 atom stereocenters. The van der Waals surface area contributed by atoms with E-state index in [4.69, 9.17) is 4.74 Å². The van der Waals surface area contributed by atoms with Crippen molar-refractivity contribution in [1.82, 2.24) is 0 Å². The number of esters is 1. The zero-order chi connectivity index (χ0) is 16.4. The minimum absolute atomic E-state index is 0.0394. The maximum absolute atomic E-state index is 12.2. The van der Waals surface area contributed by atoms with Crippen LogP contribution < -0.4 is 0 Å². The number of hydrogen-bond donors (Lipinski definition) is 0. The Balaban J connectivity index is 2.18. The number of rotatable bonds is 10. The molecule has 22 heavy (non-hydrogen) atoms. The average Bonchev–Trinajstić information content (AvgIpc) is 2.44. The molecule has 0 spiro atoms. The molecule has 1 aliphatic heterocycles. The van der Waals surface area contributed by atoms with Crippen LogP contribution >= 0.6 is 0 Å². The van der Waals surface area contributed by atoms with Crippen molar-refractivity contribution in [3.05, 3.63) is 23.3 Å². The third-order valence-corrected chi connectivity index (χ3v) is 4.07. The Bertz CT molecular complexity index is 432. The molecule has 0 unspecified atom stereocenters. The van der Waals surface area contributed by atoms with Gasteiger partial charge in [0.05, 0.1) is 0 Å². The lowest BCUT2D eigenvalue weighted by Crippen LogP contribution is -2.27. The van der Waals surface area contributed by atoms with Gasteiger partial charge < -0.3 is 4.74 Å². The smallest absolute Gasteiger partial charge is 0.341 e. The molecular weight excluding hydrogens is 276 g/mol. The standard InChI is InChI=1S/C19H30O3/c1-4-5-6-7-8-9-10-11-12-13-17(20)18-15(2)14-16(3)22-19(18)21/h4-5,16H,6-14H2,1-3H3/b5-4-/t16-/m0/s1. The van der Waals surface area contributed by atoms with E-state index < -0.39 is 5.97 Å². The van der Waals surface area contributed by atoms with Crippen LogP contribution in [-0.2, 0) is 14.3 Å². The largest absolute Gasteiger partial charge is 0.459 e. The monoisotopic (exact) mass is 306 g/mol. The summed E-state index contributed by atoms with van der Waals surface area (Å²) < 4.78 is 5.16. The molecule has 0 radical (unpaired) electrons. The predicted octanol–water partition coefficient (Wildman–Crippen LogP) is 4.90. The van der Waals surface area contributed by atoms with Gasteiger partial charge in [-0.3, -0.25) is 4.79 Å². The maximum atomic E-state index is 12.2. The van der Waals surface area contributed by atoms with Crippen molar-refractivity contribution in [3.63, 3.8) is 0 Å². The second-order valence-corrected chi connectivity index (χ2v) is 6.23. The highest BCUT2D eigenvalue weighted by atomic mass is 16.5. The zero-order valence-electron chi connectivity index (χ0n) is 14.3. The minimum Gasteiger partial charge on any atom is -0.459 e.